The Bertz CT molecular complexity index is 624. The standard InChI is InChI=1S/C20H28N4/c1-2-20-21-10-12-24(20)18-17-23-15-13-22(14-16-23)11-6-9-19-7-4-3-5-8-19/h3-10,12H,2,11,13-18H2,1H3/b9-6+. The molecule has 0 unspecified atom stereocenters. The average molecular weight is 324 g/mol. The van der Waals surface area contributed by atoms with Gasteiger partial charge in [-0.2, -0.15) is 0 Å². The molecule has 24 heavy (non-hydrogen) atoms. The topological polar surface area (TPSA) is 24.3 Å². The van der Waals surface area contributed by atoms with E-state index >= 15 is 0 Å². The fourth-order valence-electron chi connectivity index (χ4n) is 3.20. The van der Waals surface area contributed by atoms with E-state index in [0.29, 0.717) is 0 Å². The molecule has 3 rings (SSSR count). The number of piperazine rings is 1. The van der Waals surface area contributed by atoms with Crippen molar-refractivity contribution in [1.82, 2.24) is 19.4 Å². The van der Waals surface area contributed by atoms with Crippen LogP contribution >= 0.6 is 0 Å². The highest BCUT2D eigenvalue weighted by Crippen LogP contribution is 2.06. The van der Waals surface area contributed by atoms with Crippen LogP contribution in [0.1, 0.15) is 18.3 Å². The number of hydrogen-bond donors (Lipinski definition) is 0. The molecule has 0 amide bonds. The molecule has 1 saturated heterocycles. The van der Waals surface area contributed by atoms with Crippen molar-refractivity contribution in [3.05, 3.63) is 60.2 Å². The second kappa shape index (κ2) is 8.81. The number of hydrogen-bond acceptors (Lipinski definition) is 3. The smallest absolute Gasteiger partial charge is 0.108 e. The van der Waals surface area contributed by atoms with Gasteiger partial charge in [-0.05, 0) is 5.56 Å². The van der Waals surface area contributed by atoms with E-state index in [1.54, 1.807) is 0 Å². The Labute approximate surface area is 145 Å². The molecule has 128 valence electrons. The van der Waals surface area contributed by atoms with Gasteiger partial charge in [0.25, 0.3) is 0 Å². The Morgan fingerprint density at radius 1 is 1.00 bits per heavy atom. The molecule has 1 fully saturated rings. The van der Waals surface area contributed by atoms with Crippen LogP contribution in [0, 0.1) is 0 Å². The third-order valence-corrected chi connectivity index (χ3v) is 4.71. The molecule has 2 heterocycles. The van der Waals surface area contributed by atoms with E-state index in [-0.39, 0.29) is 0 Å². The van der Waals surface area contributed by atoms with Gasteiger partial charge in [0, 0.05) is 64.6 Å². The molecular weight excluding hydrogens is 296 g/mol. The number of rotatable bonds is 7. The molecule has 2 aromatic rings. The van der Waals surface area contributed by atoms with Gasteiger partial charge in [-0.25, -0.2) is 4.98 Å². The number of benzene rings is 1. The summed E-state index contributed by atoms with van der Waals surface area (Å²) in [4.78, 5) is 9.50. The molecule has 1 aliphatic rings. The molecule has 0 spiro atoms. The summed E-state index contributed by atoms with van der Waals surface area (Å²) >= 11 is 0. The first kappa shape index (κ1) is 16.9. The molecule has 0 radical (unpaired) electrons. The molecular formula is C20H28N4. The Kier molecular flexibility index (Phi) is 6.21. The number of nitrogens with zero attached hydrogens (tertiary/aromatic N) is 4. The van der Waals surface area contributed by atoms with Crippen LogP contribution in [-0.4, -0.2) is 58.6 Å². The van der Waals surface area contributed by atoms with Crippen LogP contribution in [0.15, 0.2) is 48.8 Å². The summed E-state index contributed by atoms with van der Waals surface area (Å²) in [5.74, 6) is 1.19. The van der Waals surface area contributed by atoms with E-state index < -0.39 is 0 Å². The molecule has 0 N–H and O–H groups in total. The lowest BCUT2D eigenvalue weighted by Crippen LogP contribution is -2.47. The summed E-state index contributed by atoms with van der Waals surface area (Å²) in [6.07, 6.45) is 9.52. The first-order valence-corrected chi connectivity index (χ1v) is 9.01. The van der Waals surface area contributed by atoms with E-state index in [4.69, 9.17) is 0 Å². The van der Waals surface area contributed by atoms with Crippen molar-refractivity contribution in [2.75, 3.05) is 39.3 Å². The molecule has 1 aromatic heterocycles. The van der Waals surface area contributed by atoms with Crippen molar-refractivity contribution in [1.29, 1.82) is 0 Å². The molecule has 0 saturated carbocycles. The fourth-order valence-corrected chi connectivity index (χ4v) is 3.20. The Hall–Kier alpha value is -1.91. The molecule has 0 aliphatic carbocycles. The van der Waals surface area contributed by atoms with Gasteiger partial charge in [0.05, 0.1) is 0 Å². The third-order valence-electron chi connectivity index (χ3n) is 4.71. The lowest BCUT2D eigenvalue weighted by molar-refractivity contribution is 0.139. The van der Waals surface area contributed by atoms with E-state index in [1.165, 1.54) is 11.4 Å². The van der Waals surface area contributed by atoms with Gasteiger partial charge in [0.15, 0.2) is 0 Å². The zero-order valence-electron chi connectivity index (χ0n) is 14.6. The van der Waals surface area contributed by atoms with Crippen LogP contribution in [0.5, 0.6) is 0 Å². The second-order valence-corrected chi connectivity index (χ2v) is 6.35. The summed E-state index contributed by atoms with van der Waals surface area (Å²) in [7, 11) is 0. The second-order valence-electron chi connectivity index (χ2n) is 6.35. The predicted molar refractivity (Wildman–Crippen MR) is 100.0 cm³/mol. The maximum atomic E-state index is 4.40. The maximum Gasteiger partial charge on any atom is 0.108 e. The van der Waals surface area contributed by atoms with Crippen LogP contribution < -0.4 is 0 Å². The minimum absolute atomic E-state index is 1.01. The van der Waals surface area contributed by atoms with E-state index in [0.717, 1.165) is 52.2 Å². The van der Waals surface area contributed by atoms with Crippen LogP contribution in [0.4, 0.5) is 0 Å². The van der Waals surface area contributed by atoms with Gasteiger partial charge >= 0.3 is 0 Å². The van der Waals surface area contributed by atoms with Gasteiger partial charge in [0.1, 0.15) is 5.82 Å². The zero-order valence-corrected chi connectivity index (χ0v) is 14.6. The summed E-state index contributed by atoms with van der Waals surface area (Å²) in [6.45, 7) is 10.0. The third kappa shape index (κ3) is 4.79. The van der Waals surface area contributed by atoms with Crippen LogP contribution in [-0.2, 0) is 13.0 Å². The monoisotopic (exact) mass is 324 g/mol. The quantitative estimate of drug-likeness (QED) is 0.783. The van der Waals surface area contributed by atoms with Crippen molar-refractivity contribution in [3.63, 3.8) is 0 Å². The fraction of sp³-hybridized carbons (Fsp3) is 0.450. The maximum absolute atomic E-state index is 4.40. The first-order valence-electron chi connectivity index (χ1n) is 9.01. The highest BCUT2D eigenvalue weighted by atomic mass is 15.3. The van der Waals surface area contributed by atoms with Crippen LogP contribution in [0.25, 0.3) is 6.08 Å². The normalized spacial score (nSPS) is 16.9. The van der Waals surface area contributed by atoms with Crippen molar-refractivity contribution < 1.29 is 0 Å². The van der Waals surface area contributed by atoms with Gasteiger partial charge in [0.2, 0.25) is 0 Å². The molecule has 4 heteroatoms. The minimum atomic E-state index is 1.01. The van der Waals surface area contributed by atoms with E-state index in [1.807, 2.05) is 6.20 Å². The highest BCUT2D eigenvalue weighted by molar-refractivity contribution is 5.48. The number of aryl methyl sites for hydroxylation is 1. The number of aromatic nitrogens is 2. The summed E-state index contributed by atoms with van der Waals surface area (Å²) in [6, 6.07) is 10.5. The van der Waals surface area contributed by atoms with Gasteiger partial charge < -0.3 is 4.57 Å². The molecule has 0 bridgehead atoms. The lowest BCUT2D eigenvalue weighted by Gasteiger charge is -2.34. The molecule has 1 aliphatic heterocycles. The molecule has 1 aromatic carbocycles. The van der Waals surface area contributed by atoms with E-state index in [9.17, 15) is 0 Å². The Balaban J connectivity index is 1.37. The zero-order chi connectivity index (χ0) is 16.6. The summed E-state index contributed by atoms with van der Waals surface area (Å²) < 4.78 is 2.29. The SMILES string of the molecule is CCc1nccn1CCN1CCN(C/C=C/c2ccccc2)CC1. The summed E-state index contributed by atoms with van der Waals surface area (Å²) in [5, 5.41) is 0. The number of imidazole rings is 1. The lowest BCUT2D eigenvalue weighted by atomic mass is 10.2. The Morgan fingerprint density at radius 2 is 1.75 bits per heavy atom. The summed E-state index contributed by atoms with van der Waals surface area (Å²) in [5.41, 5.74) is 1.28. The minimum Gasteiger partial charge on any atom is -0.334 e. The predicted octanol–water partition coefficient (Wildman–Crippen LogP) is 2.78. The Morgan fingerprint density at radius 3 is 2.50 bits per heavy atom. The molecule has 0 atom stereocenters. The average Bonchev–Trinajstić information content (AvgIpc) is 3.09. The van der Waals surface area contributed by atoms with Gasteiger partial charge in [-0.15, -0.1) is 0 Å². The van der Waals surface area contributed by atoms with Crippen molar-refractivity contribution in [2.24, 2.45) is 0 Å². The van der Waals surface area contributed by atoms with Gasteiger partial charge in [-0.3, -0.25) is 9.80 Å². The van der Waals surface area contributed by atoms with Crippen LogP contribution in [0.3, 0.4) is 0 Å². The molecule has 4 nitrogen and oxygen atoms in total. The van der Waals surface area contributed by atoms with E-state index in [2.05, 4.69) is 75.0 Å². The first-order chi connectivity index (χ1) is 11.8. The van der Waals surface area contributed by atoms with Crippen LogP contribution in [0.2, 0.25) is 0 Å². The van der Waals surface area contributed by atoms with Gasteiger partial charge in [-0.1, -0.05) is 49.4 Å². The van der Waals surface area contributed by atoms with Crippen molar-refractivity contribution in [3.8, 4) is 0 Å². The highest BCUT2D eigenvalue weighted by Gasteiger charge is 2.15. The largest absolute Gasteiger partial charge is 0.334 e. The van der Waals surface area contributed by atoms with Crippen molar-refractivity contribution in [2.45, 2.75) is 19.9 Å². The van der Waals surface area contributed by atoms with Crippen molar-refractivity contribution >= 4 is 6.08 Å².